The number of hydrogen-bond donors (Lipinski definition) is 1. The van der Waals surface area contributed by atoms with E-state index in [0.29, 0.717) is 34.2 Å². The molecule has 1 aromatic heterocycles. The minimum absolute atomic E-state index is 0.101. The van der Waals surface area contributed by atoms with Gasteiger partial charge in [-0.2, -0.15) is 0 Å². The molecule has 1 saturated heterocycles. The highest BCUT2D eigenvalue weighted by atomic mass is 35.5. The number of hydrogen-bond acceptors (Lipinski definition) is 8. The number of carbonyl (C=O) groups is 3. The van der Waals surface area contributed by atoms with E-state index in [-0.39, 0.29) is 27.9 Å². The number of amides is 1. The number of ether oxygens (including phenoxy) is 2. The maximum absolute atomic E-state index is 13.5. The molecule has 8 nitrogen and oxygen atoms in total. The van der Waals surface area contributed by atoms with Gasteiger partial charge in [-0.1, -0.05) is 54.8 Å². The second kappa shape index (κ2) is 12.4. The second-order valence-electron chi connectivity index (χ2n) is 8.94. The standard InChI is InChI=1S/C29H29ClN2O6S/c1-4-6-7-15-38-21-10-8-9-19(16-21)23-22(24(33)18-11-13-20(30)14-12-18)25(34)27(35)32(23)29-31-17(3)26(39-29)28(36)37-5-2/h8-14,16,23,33H,4-7,15H2,1-3H3/b24-22+. The zero-order chi connectivity index (χ0) is 28.1. The molecule has 1 amide bonds. The maximum atomic E-state index is 13.5. The first-order valence-corrected chi connectivity index (χ1v) is 13.9. The Hall–Kier alpha value is -3.69. The molecule has 1 unspecified atom stereocenters. The lowest BCUT2D eigenvalue weighted by atomic mass is 9.95. The van der Waals surface area contributed by atoms with Crippen LogP contribution < -0.4 is 9.64 Å². The fourth-order valence-electron chi connectivity index (χ4n) is 4.30. The first-order chi connectivity index (χ1) is 18.8. The third-order valence-corrected chi connectivity index (χ3v) is 7.59. The van der Waals surface area contributed by atoms with Gasteiger partial charge < -0.3 is 14.6 Å². The Labute approximate surface area is 235 Å². The minimum Gasteiger partial charge on any atom is -0.507 e. The van der Waals surface area contributed by atoms with E-state index in [1.165, 1.54) is 4.90 Å². The molecule has 39 heavy (non-hydrogen) atoms. The lowest BCUT2D eigenvalue weighted by molar-refractivity contribution is -0.132. The Kier molecular flexibility index (Phi) is 9.04. The van der Waals surface area contributed by atoms with Crippen molar-refractivity contribution in [3.05, 3.63) is 80.8 Å². The van der Waals surface area contributed by atoms with Crippen LogP contribution in [0.3, 0.4) is 0 Å². The van der Waals surface area contributed by atoms with E-state index in [0.717, 1.165) is 30.6 Å². The van der Waals surface area contributed by atoms with E-state index in [1.807, 2.05) is 0 Å². The van der Waals surface area contributed by atoms with Crippen LogP contribution in [-0.4, -0.2) is 41.0 Å². The molecule has 4 rings (SSSR count). The molecular formula is C29H29ClN2O6S. The summed E-state index contributed by atoms with van der Waals surface area (Å²) in [7, 11) is 0. The van der Waals surface area contributed by atoms with E-state index in [1.54, 1.807) is 62.4 Å². The van der Waals surface area contributed by atoms with E-state index in [9.17, 15) is 19.5 Å². The molecule has 0 bridgehead atoms. The van der Waals surface area contributed by atoms with Gasteiger partial charge >= 0.3 is 11.9 Å². The summed E-state index contributed by atoms with van der Waals surface area (Å²) in [5.74, 6) is -2.06. The van der Waals surface area contributed by atoms with Crippen LogP contribution in [0.4, 0.5) is 5.13 Å². The van der Waals surface area contributed by atoms with Crippen molar-refractivity contribution in [2.45, 2.75) is 46.1 Å². The Morgan fingerprint density at radius 3 is 2.56 bits per heavy atom. The summed E-state index contributed by atoms with van der Waals surface area (Å²) in [4.78, 5) is 45.3. The van der Waals surface area contributed by atoms with E-state index in [2.05, 4.69) is 11.9 Å². The fraction of sp³-hybridized carbons (Fsp3) is 0.310. The Balaban J connectivity index is 1.84. The summed E-state index contributed by atoms with van der Waals surface area (Å²) in [6.45, 7) is 6.15. The molecule has 1 aliphatic rings. The fourth-order valence-corrected chi connectivity index (χ4v) is 5.41. The van der Waals surface area contributed by atoms with Crippen molar-refractivity contribution in [3.63, 3.8) is 0 Å². The third kappa shape index (κ3) is 5.99. The molecule has 1 N–H and O–H groups in total. The van der Waals surface area contributed by atoms with Gasteiger partial charge in [-0.3, -0.25) is 14.5 Å². The number of halogens is 1. The number of aromatic nitrogens is 1. The van der Waals surface area contributed by atoms with Crippen molar-refractivity contribution in [3.8, 4) is 5.75 Å². The van der Waals surface area contributed by atoms with Gasteiger partial charge in [-0.15, -0.1) is 0 Å². The van der Waals surface area contributed by atoms with E-state index in [4.69, 9.17) is 21.1 Å². The number of aliphatic hydroxyl groups excluding tert-OH is 1. The number of rotatable bonds is 10. The molecular weight excluding hydrogens is 540 g/mol. The van der Waals surface area contributed by atoms with Gasteiger partial charge in [-0.05, 0) is 62.2 Å². The molecule has 3 aromatic rings. The normalized spacial score (nSPS) is 16.5. The average Bonchev–Trinajstić information content (AvgIpc) is 3.43. The van der Waals surface area contributed by atoms with Crippen molar-refractivity contribution in [2.24, 2.45) is 0 Å². The molecule has 0 saturated carbocycles. The SMILES string of the molecule is CCCCCOc1cccc(C2/C(=C(\O)c3ccc(Cl)cc3)C(=O)C(=O)N2c2nc(C)c(C(=O)OCC)s2)c1. The largest absolute Gasteiger partial charge is 0.507 e. The van der Waals surface area contributed by atoms with Gasteiger partial charge in [0.25, 0.3) is 5.78 Å². The Morgan fingerprint density at radius 2 is 1.87 bits per heavy atom. The molecule has 204 valence electrons. The summed E-state index contributed by atoms with van der Waals surface area (Å²) >= 11 is 6.97. The van der Waals surface area contributed by atoms with Crippen LogP contribution in [0, 0.1) is 6.92 Å². The Morgan fingerprint density at radius 1 is 1.13 bits per heavy atom. The number of aryl methyl sites for hydroxylation is 1. The molecule has 1 aliphatic heterocycles. The van der Waals surface area contributed by atoms with Crippen molar-refractivity contribution in [2.75, 3.05) is 18.1 Å². The minimum atomic E-state index is -1.01. The molecule has 1 fully saturated rings. The monoisotopic (exact) mass is 568 g/mol. The van der Waals surface area contributed by atoms with Crippen molar-refractivity contribution >= 4 is 51.5 Å². The first kappa shape index (κ1) is 28.3. The zero-order valence-corrected chi connectivity index (χ0v) is 23.5. The summed E-state index contributed by atoms with van der Waals surface area (Å²) in [6, 6.07) is 12.4. The zero-order valence-electron chi connectivity index (χ0n) is 21.9. The van der Waals surface area contributed by atoms with Gasteiger partial charge in [0.05, 0.1) is 30.5 Å². The van der Waals surface area contributed by atoms with Gasteiger partial charge in [-0.25, -0.2) is 9.78 Å². The highest BCUT2D eigenvalue weighted by Crippen LogP contribution is 2.44. The van der Waals surface area contributed by atoms with Crippen LogP contribution in [0.25, 0.3) is 5.76 Å². The van der Waals surface area contributed by atoms with Crippen molar-refractivity contribution < 1.29 is 29.0 Å². The topological polar surface area (TPSA) is 106 Å². The molecule has 1 atom stereocenters. The second-order valence-corrected chi connectivity index (χ2v) is 10.3. The number of Topliss-reactive ketones (excluding diaryl/α,β-unsaturated/α-hetero) is 1. The highest BCUT2D eigenvalue weighted by molar-refractivity contribution is 7.17. The molecule has 0 aliphatic carbocycles. The number of carbonyl (C=O) groups excluding carboxylic acids is 3. The number of anilines is 1. The van der Waals surface area contributed by atoms with Crippen LogP contribution in [0.2, 0.25) is 5.02 Å². The van der Waals surface area contributed by atoms with E-state index < -0.39 is 23.7 Å². The highest BCUT2D eigenvalue weighted by Gasteiger charge is 2.48. The smallest absolute Gasteiger partial charge is 0.350 e. The molecule has 10 heteroatoms. The predicted molar refractivity (Wildman–Crippen MR) is 151 cm³/mol. The number of unbranched alkanes of at least 4 members (excludes halogenated alkanes) is 2. The van der Waals surface area contributed by atoms with Crippen molar-refractivity contribution in [1.29, 1.82) is 0 Å². The average molecular weight is 569 g/mol. The quantitative estimate of drug-likeness (QED) is 0.0981. The molecule has 2 aromatic carbocycles. The van der Waals surface area contributed by atoms with Crippen LogP contribution in [0.1, 0.15) is 65.6 Å². The number of benzene rings is 2. The third-order valence-electron chi connectivity index (χ3n) is 6.20. The van der Waals surface area contributed by atoms with Crippen LogP contribution in [0.15, 0.2) is 54.1 Å². The molecule has 0 spiro atoms. The predicted octanol–water partition coefficient (Wildman–Crippen LogP) is 6.48. The van der Waals surface area contributed by atoms with Gasteiger partial charge in [0.15, 0.2) is 5.13 Å². The summed E-state index contributed by atoms with van der Waals surface area (Å²) in [6.07, 6.45) is 2.99. The van der Waals surface area contributed by atoms with Gasteiger partial charge in [0.2, 0.25) is 0 Å². The van der Waals surface area contributed by atoms with Gasteiger partial charge in [0.1, 0.15) is 16.4 Å². The number of thiazole rings is 1. The van der Waals surface area contributed by atoms with Crippen LogP contribution in [0.5, 0.6) is 5.75 Å². The number of nitrogens with zero attached hydrogens (tertiary/aromatic N) is 2. The summed E-state index contributed by atoms with van der Waals surface area (Å²) in [5.41, 5.74) is 1.15. The molecule has 2 heterocycles. The van der Waals surface area contributed by atoms with E-state index >= 15 is 0 Å². The van der Waals surface area contributed by atoms with Crippen LogP contribution >= 0.6 is 22.9 Å². The maximum Gasteiger partial charge on any atom is 0.350 e. The Bertz CT molecular complexity index is 1420. The first-order valence-electron chi connectivity index (χ1n) is 12.7. The number of esters is 1. The summed E-state index contributed by atoms with van der Waals surface area (Å²) < 4.78 is 11.0. The lowest BCUT2D eigenvalue weighted by Gasteiger charge is -2.23. The lowest BCUT2D eigenvalue weighted by Crippen LogP contribution is -2.29. The number of ketones is 1. The van der Waals surface area contributed by atoms with Gasteiger partial charge in [0, 0.05) is 10.6 Å². The van der Waals surface area contributed by atoms with Crippen molar-refractivity contribution in [1.82, 2.24) is 4.98 Å². The summed E-state index contributed by atoms with van der Waals surface area (Å²) in [5, 5.41) is 11.9. The number of aliphatic hydroxyl groups is 1. The molecule has 0 radical (unpaired) electrons. The van der Waals surface area contributed by atoms with Crippen LogP contribution in [-0.2, 0) is 14.3 Å².